The third kappa shape index (κ3) is 8.63. The molecule has 0 aliphatic rings. The van der Waals surface area contributed by atoms with Crippen LogP contribution < -0.4 is 7.58 Å². The van der Waals surface area contributed by atoms with Crippen LogP contribution >= 0.6 is 19.6 Å². The molecule has 0 aliphatic carbocycles. The summed E-state index contributed by atoms with van der Waals surface area (Å²) < 4.78 is 13.4. The van der Waals surface area contributed by atoms with Gasteiger partial charge in [-0.05, 0) is 0 Å². The maximum atomic E-state index is 6.72. The maximum Gasteiger partial charge on any atom is -0.147 e. The number of rotatable bonds is 5. The van der Waals surface area contributed by atoms with Gasteiger partial charge in [-0.25, -0.2) is 0 Å². The molecule has 0 saturated heterocycles. The molecule has 31 heavy (non-hydrogen) atoms. The third-order valence-electron chi connectivity index (χ3n) is 4.61. The van der Waals surface area contributed by atoms with E-state index in [9.17, 15) is 0 Å². The standard InChI is InChI=1S/2C11H16O.C4H10P.ClH.Cr/c2*1-8-5-6-10(12)9(7-8)11(2,3)4;1-4(2,3)5;;/h2*5-7,12H,1-4H3;5H,1-3H3;1H;/q;;-1;;+3/p-2. The summed E-state index contributed by atoms with van der Waals surface area (Å²) in [7, 11) is 0.618. The predicted molar refractivity (Wildman–Crippen MR) is 136 cm³/mol. The van der Waals surface area contributed by atoms with Crippen molar-refractivity contribution in [3.05, 3.63) is 58.7 Å². The molecular weight excluding hydrogens is 463 g/mol. The van der Waals surface area contributed by atoms with Gasteiger partial charge in [-0.3, -0.25) is 0 Å². The summed E-state index contributed by atoms with van der Waals surface area (Å²) in [6, 6.07) is 13.0. The number of halogens is 1. The summed E-state index contributed by atoms with van der Waals surface area (Å²) >= 11 is -1.85. The smallest absolute Gasteiger partial charge is 0.147 e. The molecule has 0 fully saturated rings. The predicted octanol–water partition coefficient (Wildman–Crippen LogP) is 8.62. The first kappa shape index (κ1) is 28.3. The van der Waals surface area contributed by atoms with Crippen LogP contribution in [0.3, 0.4) is 0 Å². The van der Waals surface area contributed by atoms with Gasteiger partial charge in [-0.2, -0.15) is 0 Å². The van der Waals surface area contributed by atoms with E-state index in [2.05, 4.69) is 113 Å². The Kier molecular flexibility index (Phi) is 9.58. The maximum absolute atomic E-state index is 6.72. The van der Waals surface area contributed by atoms with Gasteiger partial charge in [0.1, 0.15) is 0 Å². The van der Waals surface area contributed by atoms with Crippen molar-refractivity contribution in [2.24, 2.45) is 0 Å². The molecular formula is C26H41ClCrO2P. The zero-order chi connectivity index (χ0) is 22.9. The zero-order valence-electron chi connectivity index (χ0n) is 21.1. The van der Waals surface area contributed by atoms with Gasteiger partial charge in [0.25, 0.3) is 0 Å². The van der Waals surface area contributed by atoms with E-state index in [1.165, 1.54) is 22.3 Å². The Bertz CT molecular complexity index is 811. The summed E-state index contributed by atoms with van der Waals surface area (Å²) in [6.07, 6.45) is 0. The molecule has 2 aromatic rings. The monoisotopic (exact) mass is 503 g/mol. The molecule has 5 heteroatoms. The Labute approximate surface area is 203 Å². The van der Waals surface area contributed by atoms with E-state index in [-0.39, 0.29) is 28.4 Å². The number of benzene rings is 2. The second-order valence-electron chi connectivity index (χ2n) is 11.3. The zero-order valence-corrected chi connectivity index (χ0v) is 24.2. The van der Waals surface area contributed by atoms with Gasteiger partial charge in [0.2, 0.25) is 0 Å². The van der Waals surface area contributed by atoms with Gasteiger partial charge in [-0.15, -0.1) is 12.4 Å². The summed E-state index contributed by atoms with van der Waals surface area (Å²) in [6.45, 7) is 24.6. The molecule has 2 rings (SSSR count). The molecule has 0 saturated carbocycles. The van der Waals surface area contributed by atoms with Gasteiger partial charge >= 0.3 is 191 Å². The van der Waals surface area contributed by atoms with Gasteiger partial charge in [0.05, 0.1) is 0 Å². The van der Waals surface area contributed by atoms with E-state index in [1.807, 2.05) is 0 Å². The summed E-state index contributed by atoms with van der Waals surface area (Å²) in [5.74, 6) is 1.94. The molecule has 2 aromatic carbocycles. The van der Waals surface area contributed by atoms with Crippen LogP contribution in [0, 0.1) is 13.8 Å². The van der Waals surface area contributed by atoms with E-state index in [1.54, 1.807) is 0 Å². The first-order valence-corrected chi connectivity index (χ1v) is 14.5. The molecule has 0 N–H and O–H groups in total. The van der Waals surface area contributed by atoms with Crippen molar-refractivity contribution >= 4 is 19.6 Å². The third-order valence-corrected chi connectivity index (χ3v) is 10.8. The van der Waals surface area contributed by atoms with Crippen molar-refractivity contribution in [3.63, 3.8) is 0 Å². The van der Waals surface area contributed by atoms with Gasteiger partial charge in [0.15, 0.2) is 0 Å². The Hall–Kier alpha value is -0.708. The Balaban J connectivity index is 0.00000480. The fraction of sp³-hybridized carbons (Fsp3) is 0.538. The fourth-order valence-corrected chi connectivity index (χ4v) is 8.15. The molecule has 0 radical (unpaired) electrons. The van der Waals surface area contributed by atoms with Crippen molar-refractivity contribution in [1.29, 1.82) is 0 Å². The molecule has 0 bridgehead atoms. The summed E-state index contributed by atoms with van der Waals surface area (Å²) in [5, 5.41) is 0.157. The van der Waals surface area contributed by atoms with Crippen molar-refractivity contribution in [2.45, 2.75) is 92.1 Å². The number of hydrogen-bond acceptors (Lipinski definition) is 2. The molecule has 0 heterocycles. The van der Waals surface area contributed by atoms with Gasteiger partial charge < -0.3 is 0 Å². The van der Waals surface area contributed by atoms with Crippen LogP contribution in [-0.4, -0.2) is 5.16 Å². The van der Waals surface area contributed by atoms with Crippen LogP contribution in [0.4, 0.5) is 0 Å². The van der Waals surface area contributed by atoms with E-state index in [0.717, 1.165) is 11.5 Å². The van der Waals surface area contributed by atoms with Crippen LogP contribution in [0.15, 0.2) is 36.4 Å². The van der Waals surface area contributed by atoms with Crippen LogP contribution in [0.5, 0.6) is 11.5 Å². The number of aryl methyl sites for hydroxylation is 2. The average Bonchev–Trinajstić information content (AvgIpc) is 2.54. The second kappa shape index (κ2) is 10.5. The molecule has 0 spiro atoms. The first-order chi connectivity index (χ1) is 13.6. The van der Waals surface area contributed by atoms with E-state index >= 15 is 0 Å². The first-order valence-electron chi connectivity index (χ1n) is 10.7. The second-order valence-corrected chi connectivity index (χ2v) is 16.5. The Morgan fingerprint density at radius 3 is 1.29 bits per heavy atom. The molecule has 0 aromatic heterocycles. The minimum atomic E-state index is -1.85. The minimum Gasteiger partial charge on any atom is -0.147 e. The van der Waals surface area contributed by atoms with Crippen LogP contribution in [-0.2, 0) is 25.2 Å². The molecule has 0 aliphatic heterocycles. The normalized spacial score (nSPS) is 12.9. The summed E-state index contributed by atoms with van der Waals surface area (Å²) in [5.41, 5.74) is 5.05. The van der Waals surface area contributed by atoms with Crippen LogP contribution in [0.1, 0.15) is 84.6 Å². The van der Waals surface area contributed by atoms with E-state index < -0.39 is 14.4 Å². The Morgan fingerprint density at radius 1 is 0.645 bits per heavy atom. The molecule has 0 amide bonds. The topological polar surface area (TPSA) is 18.5 Å². The quantitative estimate of drug-likeness (QED) is 0.380. The van der Waals surface area contributed by atoms with Crippen molar-refractivity contribution < 1.29 is 21.9 Å². The summed E-state index contributed by atoms with van der Waals surface area (Å²) in [4.78, 5) is 0. The van der Waals surface area contributed by atoms with Gasteiger partial charge in [0, 0.05) is 0 Å². The molecule has 1 unspecified atom stereocenters. The largest absolute Gasteiger partial charge is 0.147 e. The van der Waals surface area contributed by atoms with Crippen molar-refractivity contribution in [1.82, 2.24) is 0 Å². The molecule has 1 atom stereocenters. The number of hydrogen-bond donors (Lipinski definition) is 0. The van der Waals surface area contributed by atoms with Crippen LogP contribution in [0.25, 0.3) is 0 Å². The minimum absolute atomic E-state index is 0. The van der Waals surface area contributed by atoms with E-state index in [4.69, 9.17) is 7.58 Å². The van der Waals surface area contributed by atoms with Crippen molar-refractivity contribution in [3.8, 4) is 11.5 Å². The van der Waals surface area contributed by atoms with Gasteiger partial charge in [-0.1, -0.05) is 0 Å². The molecule has 2 nitrogen and oxygen atoms in total. The van der Waals surface area contributed by atoms with E-state index in [0.29, 0.717) is 7.23 Å². The Morgan fingerprint density at radius 2 is 1.00 bits per heavy atom. The fourth-order valence-electron chi connectivity index (χ4n) is 3.08. The molecule has 175 valence electrons. The average molecular weight is 504 g/mol. The SMILES string of the molecule is Cc1ccc([O][Cr]([O]c2ccc(C)cc2C(C)(C)C)[PH]C(C)(C)C)c(C(C)(C)C)c1.Cl. The van der Waals surface area contributed by atoms with Crippen LogP contribution in [0.2, 0.25) is 0 Å². The van der Waals surface area contributed by atoms with Crippen molar-refractivity contribution in [2.75, 3.05) is 0 Å².